The van der Waals surface area contributed by atoms with Gasteiger partial charge in [0.05, 0.1) is 0 Å². The molecule has 0 aliphatic carbocycles. The molecule has 0 heterocycles. The minimum atomic E-state index is -1.23. The van der Waals surface area contributed by atoms with E-state index in [0.29, 0.717) is 6.42 Å². The standard InChI is InChI=1S/C5H10N2O3/c1-2-3(4(6)8)7-5(9)10/h3,7H,2H2,1H3,(H2,6,8)(H,9,10)/t3-/m0/s1. The molecule has 10 heavy (non-hydrogen) atoms. The topological polar surface area (TPSA) is 92.4 Å². The van der Waals surface area contributed by atoms with Crippen LogP contribution in [0.5, 0.6) is 0 Å². The van der Waals surface area contributed by atoms with Gasteiger partial charge in [-0.3, -0.25) is 4.79 Å². The Bertz CT molecular complexity index is 146. The van der Waals surface area contributed by atoms with E-state index in [9.17, 15) is 9.59 Å². The first-order valence-corrected chi connectivity index (χ1v) is 2.86. The highest BCUT2D eigenvalue weighted by molar-refractivity contribution is 5.83. The Morgan fingerprint density at radius 3 is 2.30 bits per heavy atom. The number of hydrogen-bond acceptors (Lipinski definition) is 2. The van der Waals surface area contributed by atoms with E-state index in [2.05, 4.69) is 0 Å². The van der Waals surface area contributed by atoms with Gasteiger partial charge in [0.15, 0.2) is 0 Å². The first kappa shape index (κ1) is 8.74. The summed E-state index contributed by atoms with van der Waals surface area (Å²) in [5, 5.41) is 10.1. The molecule has 58 valence electrons. The maximum absolute atomic E-state index is 10.4. The Morgan fingerprint density at radius 2 is 2.20 bits per heavy atom. The van der Waals surface area contributed by atoms with Gasteiger partial charge in [0, 0.05) is 0 Å². The van der Waals surface area contributed by atoms with Gasteiger partial charge in [-0.1, -0.05) is 6.92 Å². The summed E-state index contributed by atoms with van der Waals surface area (Å²) in [5.41, 5.74) is 4.83. The largest absolute Gasteiger partial charge is 0.465 e. The van der Waals surface area contributed by atoms with Crippen LogP contribution in [0.15, 0.2) is 0 Å². The Morgan fingerprint density at radius 1 is 1.70 bits per heavy atom. The second-order valence-electron chi connectivity index (χ2n) is 1.81. The summed E-state index contributed by atoms with van der Waals surface area (Å²) < 4.78 is 0. The van der Waals surface area contributed by atoms with Crippen molar-refractivity contribution in [2.75, 3.05) is 0 Å². The molecule has 2 amide bonds. The van der Waals surface area contributed by atoms with Gasteiger partial charge in [0.25, 0.3) is 0 Å². The normalized spacial score (nSPS) is 12.1. The molecule has 5 heteroatoms. The second-order valence-corrected chi connectivity index (χ2v) is 1.81. The molecule has 1 atom stereocenters. The van der Waals surface area contributed by atoms with Crippen LogP contribution in [0, 0.1) is 0 Å². The molecule has 0 aromatic rings. The lowest BCUT2D eigenvalue weighted by Crippen LogP contribution is -2.43. The number of hydrogen-bond donors (Lipinski definition) is 3. The molecule has 0 aromatic carbocycles. The highest BCUT2D eigenvalue weighted by Crippen LogP contribution is 1.87. The molecule has 4 N–H and O–H groups in total. The van der Waals surface area contributed by atoms with E-state index in [1.54, 1.807) is 6.92 Å². The Kier molecular flexibility index (Phi) is 3.24. The quantitative estimate of drug-likeness (QED) is 0.502. The molecular weight excluding hydrogens is 136 g/mol. The summed E-state index contributed by atoms with van der Waals surface area (Å²) in [5.74, 6) is -0.648. The average Bonchev–Trinajstić information content (AvgIpc) is 1.81. The molecule has 0 aliphatic heterocycles. The van der Waals surface area contributed by atoms with Gasteiger partial charge in [-0.15, -0.1) is 0 Å². The second kappa shape index (κ2) is 3.71. The molecule has 0 saturated carbocycles. The van der Waals surface area contributed by atoms with E-state index in [0.717, 1.165) is 0 Å². The van der Waals surface area contributed by atoms with E-state index in [1.807, 2.05) is 5.32 Å². The van der Waals surface area contributed by atoms with Crippen LogP contribution < -0.4 is 11.1 Å². The van der Waals surface area contributed by atoms with Crippen molar-refractivity contribution < 1.29 is 14.7 Å². The third-order valence-corrected chi connectivity index (χ3v) is 1.05. The SMILES string of the molecule is CC[C@H](NC(=O)O)C(N)=O. The first-order valence-electron chi connectivity index (χ1n) is 2.86. The number of carbonyl (C=O) groups is 2. The van der Waals surface area contributed by atoms with Gasteiger partial charge >= 0.3 is 6.09 Å². The lowest BCUT2D eigenvalue weighted by atomic mass is 10.2. The zero-order valence-electron chi connectivity index (χ0n) is 5.63. The van der Waals surface area contributed by atoms with Crippen LogP contribution >= 0.6 is 0 Å². The number of carbonyl (C=O) groups excluding carboxylic acids is 1. The van der Waals surface area contributed by atoms with Crippen molar-refractivity contribution in [3.05, 3.63) is 0 Å². The zero-order chi connectivity index (χ0) is 8.15. The van der Waals surface area contributed by atoms with Gasteiger partial charge in [-0.05, 0) is 6.42 Å². The summed E-state index contributed by atoms with van der Waals surface area (Å²) in [7, 11) is 0. The van der Waals surface area contributed by atoms with E-state index in [-0.39, 0.29) is 0 Å². The van der Waals surface area contributed by atoms with Crippen molar-refractivity contribution in [3.8, 4) is 0 Å². The minimum Gasteiger partial charge on any atom is -0.465 e. The lowest BCUT2D eigenvalue weighted by molar-refractivity contribution is -0.119. The number of nitrogens with one attached hydrogen (secondary N) is 1. The molecule has 0 spiro atoms. The summed E-state index contributed by atoms with van der Waals surface area (Å²) in [6, 6.07) is -0.766. The molecule has 0 saturated heterocycles. The van der Waals surface area contributed by atoms with Crippen molar-refractivity contribution in [1.82, 2.24) is 5.32 Å². The molecule has 0 rings (SSSR count). The monoisotopic (exact) mass is 146 g/mol. The van der Waals surface area contributed by atoms with Gasteiger partial charge in [-0.25, -0.2) is 4.79 Å². The van der Waals surface area contributed by atoms with Crippen LogP contribution in [-0.4, -0.2) is 23.1 Å². The minimum absolute atomic E-state index is 0.377. The van der Waals surface area contributed by atoms with Crippen LogP contribution in [0.2, 0.25) is 0 Å². The van der Waals surface area contributed by atoms with E-state index >= 15 is 0 Å². The van der Waals surface area contributed by atoms with Gasteiger partial charge in [0.1, 0.15) is 6.04 Å². The highest BCUT2D eigenvalue weighted by atomic mass is 16.4. The zero-order valence-corrected chi connectivity index (χ0v) is 5.63. The van der Waals surface area contributed by atoms with Gasteiger partial charge in [-0.2, -0.15) is 0 Å². The molecule has 0 aliphatic rings. The Hall–Kier alpha value is -1.26. The number of amides is 2. The molecular formula is C5H10N2O3. The van der Waals surface area contributed by atoms with E-state index in [1.165, 1.54) is 0 Å². The maximum Gasteiger partial charge on any atom is 0.405 e. The Balaban J connectivity index is 3.83. The van der Waals surface area contributed by atoms with Crippen molar-refractivity contribution in [3.63, 3.8) is 0 Å². The predicted molar refractivity (Wildman–Crippen MR) is 34.4 cm³/mol. The summed E-state index contributed by atoms with van der Waals surface area (Å²) >= 11 is 0. The van der Waals surface area contributed by atoms with Crippen LogP contribution in [0.3, 0.4) is 0 Å². The first-order chi connectivity index (χ1) is 4.57. The molecule has 5 nitrogen and oxygen atoms in total. The number of rotatable bonds is 3. The van der Waals surface area contributed by atoms with Crippen LogP contribution in [-0.2, 0) is 4.79 Å². The fourth-order valence-electron chi connectivity index (χ4n) is 0.523. The third kappa shape index (κ3) is 2.91. The maximum atomic E-state index is 10.4. The average molecular weight is 146 g/mol. The summed E-state index contributed by atoms with van der Waals surface area (Å²) in [6.07, 6.45) is -0.854. The van der Waals surface area contributed by atoms with E-state index in [4.69, 9.17) is 10.8 Å². The fraction of sp³-hybridized carbons (Fsp3) is 0.600. The summed E-state index contributed by atoms with van der Waals surface area (Å²) in [4.78, 5) is 20.3. The molecule has 0 unspecified atom stereocenters. The van der Waals surface area contributed by atoms with Crippen molar-refractivity contribution >= 4 is 12.0 Å². The van der Waals surface area contributed by atoms with Gasteiger partial charge in [0.2, 0.25) is 5.91 Å². The highest BCUT2D eigenvalue weighted by Gasteiger charge is 2.13. The Labute approximate surface area is 58.2 Å². The smallest absolute Gasteiger partial charge is 0.405 e. The summed E-state index contributed by atoms with van der Waals surface area (Å²) in [6.45, 7) is 1.67. The van der Waals surface area contributed by atoms with E-state index < -0.39 is 18.0 Å². The van der Waals surface area contributed by atoms with Gasteiger partial charge < -0.3 is 16.2 Å². The molecule has 0 bridgehead atoms. The molecule has 0 aromatic heterocycles. The van der Waals surface area contributed by atoms with Crippen LogP contribution in [0.25, 0.3) is 0 Å². The molecule has 0 radical (unpaired) electrons. The van der Waals surface area contributed by atoms with Crippen LogP contribution in [0.1, 0.15) is 13.3 Å². The number of carboxylic acid groups (broad SMARTS) is 1. The van der Waals surface area contributed by atoms with Crippen molar-refractivity contribution in [2.45, 2.75) is 19.4 Å². The van der Waals surface area contributed by atoms with Crippen molar-refractivity contribution in [2.24, 2.45) is 5.73 Å². The number of primary amides is 1. The third-order valence-electron chi connectivity index (χ3n) is 1.05. The van der Waals surface area contributed by atoms with Crippen LogP contribution in [0.4, 0.5) is 4.79 Å². The number of nitrogens with two attached hydrogens (primary N) is 1. The lowest BCUT2D eigenvalue weighted by Gasteiger charge is -2.08. The fourth-order valence-corrected chi connectivity index (χ4v) is 0.523. The van der Waals surface area contributed by atoms with Crippen molar-refractivity contribution in [1.29, 1.82) is 0 Å². The molecule has 0 fully saturated rings. The predicted octanol–water partition coefficient (Wildman–Crippen LogP) is -0.482.